The lowest BCUT2D eigenvalue weighted by Gasteiger charge is -2.35. The minimum absolute atomic E-state index is 0.144. The molecule has 0 fully saturated rings. The van der Waals surface area contributed by atoms with E-state index >= 15 is 0 Å². The highest BCUT2D eigenvalue weighted by molar-refractivity contribution is 9.10. The Hall–Kier alpha value is -1.75. The molecule has 120 valence electrons. The van der Waals surface area contributed by atoms with Crippen molar-refractivity contribution in [2.75, 3.05) is 6.54 Å². The Balaban J connectivity index is 1.83. The second-order valence-corrected chi connectivity index (χ2v) is 7.41. The fraction of sp³-hybridized carbons (Fsp3) is 0.389. The number of carbonyl (C=O) groups is 1. The van der Waals surface area contributed by atoms with Crippen molar-refractivity contribution in [1.29, 1.82) is 0 Å². The molecular formula is C18H20BrN3O. The molecule has 0 saturated carbocycles. The Labute approximate surface area is 145 Å². The summed E-state index contributed by atoms with van der Waals surface area (Å²) in [4.78, 5) is 23.7. The molecule has 1 aliphatic heterocycles. The van der Waals surface area contributed by atoms with Crippen molar-refractivity contribution >= 4 is 21.8 Å². The highest BCUT2D eigenvalue weighted by Gasteiger charge is 2.35. The molecule has 5 heteroatoms. The Bertz CT molecular complexity index is 740. The number of carbonyl (C=O) groups excluding carboxylic acids is 1. The van der Waals surface area contributed by atoms with Gasteiger partial charge in [0.15, 0.2) is 0 Å². The Morgan fingerprint density at radius 2 is 1.96 bits per heavy atom. The topological polar surface area (TPSA) is 46.1 Å². The molecule has 0 spiro atoms. The van der Waals surface area contributed by atoms with E-state index in [1.807, 2.05) is 56.1 Å². The third kappa shape index (κ3) is 3.15. The molecule has 1 aliphatic rings. The number of fused-ring (bicyclic) bond motifs is 1. The van der Waals surface area contributed by atoms with Gasteiger partial charge in [-0.15, -0.1) is 0 Å². The summed E-state index contributed by atoms with van der Waals surface area (Å²) in [6, 6.07) is 7.97. The van der Waals surface area contributed by atoms with Gasteiger partial charge in [0.1, 0.15) is 5.82 Å². The van der Waals surface area contributed by atoms with Gasteiger partial charge in [-0.25, -0.2) is 9.97 Å². The number of aryl methyl sites for hydroxylation is 1. The van der Waals surface area contributed by atoms with Crippen molar-refractivity contribution < 1.29 is 4.79 Å². The Morgan fingerprint density at radius 3 is 2.65 bits per heavy atom. The van der Waals surface area contributed by atoms with Gasteiger partial charge in [-0.1, -0.05) is 28.1 Å². The van der Waals surface area contributed by atoms with Crippen LogP contribution < -0.4 is 0 Å². The van der Waals surface area contributed by atoms with Gasteiger partial charge in [0.25, 0.3) is 0 Å². The molecule has 0 atom stereocenters. The van der Waals surface area contributed by atoms with E-state index in [-0.39, 0.29) is 5.91 Å². The van der Waals surface area contributed by atoms with Gasteiger partial charge in [0.2, 0.25) is 5.91 Å². The lowest BCUT2D eigenvalue weighted by molar-refractivity contribution is -0.137. The predicted octanol–water partition coefficient (Wildman–Crippen LogP) is 3.41. The maximum Gasteiger partial charge on any atom is 0.232 e. The molecule has 1 aromatic heterocycles. The van der Waals surface area contributed by atoms with E-state index in [2.05, 4.69) is 25.9 Å². The van der Waals surface area contributed by atoms with Crippen molar-refractivity contribution in [3.8, 4) is 0 Å². The molecule has 1 amide bonds. The number of rotatable bonds is 2. The van der Waals surface area contributed by atoms with E-state index in [0.29, 0.717) is 13.1 Å². The first-order chi connectivity index (χ1) is 10.9. The average Bonchev–Trinajstić information content (AvgIpc) is 2.54. The predicted molar refractivity (Wildman–Crippen MR) is 93.1 cm³/mol. The van der Waals surface area contributed by atoms with E-state index < -0.39 is 5.41 Å². The third-order valence-corrected chi connectivity index (χ3v) is 4.97. The van der Waals surface area contributed by atoms with Crippen LogP contribution in [0.15, 0.2) is 34.9 Å². The third-order valence-electron chi connectivity index (χ3n) is 4.44. The number of aromatic nitrogens is 2. The molecule has 3 rings (SSSR count). The van der Waals surface area contributed by atoms with Crippen LogP contribution in [-0.2, 0) is 23.2 Å². The normalized spacial score (nSPS) is 14.5. The van der Waals surface area contributed by atoms with Gasteiger partial charge in [0.05, 0.1) is 11.1 Å². The number of hydrogen-bond acceptors (Lipinski definition) is 3. The molecule has 23 heavy (non-hydrogen) atoms. The number of hydrogen-bond donors (Lipinski definition) is 0. The lowest BCUT2D eigenvalue weighted by Crippen LogP contribution is -2.45. The first-order valence-corrected chi connectivity index (χ1v) is 8.54. The molecule has 0 unspecified atom stereocenters. The van der Waals surface area contributed by atoms with E-state index in [9.17, 15) is 4.79 Å². The zero-order valence-corrected chi connectivity index (χ0v) is 15.2. The standard InChI is InChI=1S/C18H20BrN3O/c1-12-20-10-13-11-22(9-8-16(13)21-12)17(23)18(2,3)14-4-6-15(19)7-5-14/h4-7,10H,8-9,11H2,1-3H3. The summed E-state index contributed by atoms with van der Waals surface area (Å²) in [5.74, 6) is 0.935. The van der Waals surface area contributed by atoms with E-state index in [0.717, 1.165) is 33.5 Å². The second-order valence-electron chi connectivity index (χ2n) is 6.50. The highest BCUT2D eigenvalue weighted by Crippen LogP contribution is 2.29. The number of halogens is 1. The quantitative estimate of drug-likeness (QED) is 0.810. The van der Waals surface area contributed by atoms with Crippen LogP contribution in [0, 0.1) is 6.92 Å². The molecule has 0 radical (unpaired) electrons. The first-order valence-electron chi connectivity index (χ1n) is 7.75. The molecule has 0 saturated heterocycles. The summed E-state index contributed by atoms with van der Waals surface area (Å²) in [5.41, 5.74) is 2.60. The van der Waals surface area contributed by atoms with Gasteiger partial charge in [-0.2, -0.15) is 0 Å². The Morgan fingerprint density at radius 1 is 1.26 bits per heavy atom. The Kier molecular flexibility index (Phi) is 4.23. The van der Waals surface area contributed by atoms with Crippen molar-refractivity contribution in [1.82, 2.24) is 14.9 Å². The molecule has 0 bridgehead atoms. The van der Waals surface area contributed by atoms with Crippen molar-refractivity contribution in [3.05, 3.63) is 57.6 Å². The monoisotopic (exact) mass is 373 g/mol. The van der Waals surface area contributed by atoms with Crippen molar-refractivity contribution in [2.45, 2.75) is 39.2 Å². The van der Waals surface area contributed by atoms with Gasteiger partial charge in [-0.05, 0) is 38.5 Å². The summed E-state index contributed by atoms with van der Waals surface area (Å²) in [6.45, 7) is 7.17. The summed E-state index contributed by atoms with van der Waals surface area (Å²) >= 11 is 3.44. The molecule has 2 aromatic rings. The fourth-order valence-electron chi connectivity index (χ4n) is 2.97. The van der Waals surface area contributed by atoms with Crippen LogP contribution in [0.1, 0.15) is 36.5 Å². The summed E-state index contributed by atoms with van der Waals surface area (Å²) < 4.78 is 1.02. The maximum absolute atomic E-state index is 13.1. The minimum Gasteiger partial charge on any atom is -0.337 e. The van der Waals surface area contributed by atoms with Gasteiger partial charge >= 0.3 is 0 Å². The summed E-state index contributed by atoms with van der Waals surface area (Å²) in [6.07, 6.45) is 2.64. The van der Waals surface area contributed by atoms with Gasteiger partial charge in [0, 0.05) is 35.7 Å². The van der Waals surface area contributed by atoms with E-state index in [1.54, 1.807) is 0 Å². The smallest absolute Gasteiger partial charge is 0.232 e. The van der Waals surface area contributed by atoms with Gasteiger partial charge < -0.3 is 4.90 Å². The minimum atomic E-state index is -0.552. The SMILES string of the molecule is Cc1ncc2c(n1)CCN(C(=O)C(C)(C)c1ccc(Br)cc1)C2. The molecule has 4 nitrogen and oxygen atoms in total. The maximum atomic E-state index is 13.1. The van der Waals surface area contributed by atoms with Crippen molar-refractivity contribution in [3.63, 3.8) is 0 Å². The zero-order chi connectivity index (χ0) is 16.6. The lowest BCUT2D eigenvalue weighted by atomic mass is 9.82. The number of benzene rings is 1. The van der Waals surface area contributed by atoms with Crippen LogP contribution in [0.4, 0.5) is 0 Å². The van der Waals surface area contributed by atoms with Crippen molar-refractivity contribution in [2.24, 2.45) is 0 Å². The van der Waals surface area contributed by atoms with Crippen LogP contribution >= 0.6 is 15.9 Å². The highest BCUT2D eigenvalue weighted by atomic mass is 79.9. The van der Waals surface area contributed by atoms with Crippen LogP contribution in [-0.4, -0.2) is 27.3 Å². The molecule has 0 N–H and O–H groups in total. The van der Waals surface area contributed by atoms with Gasteiger partial charge in [-0.3, -0.25) is 4.79 Å². The zero-order valence-electron chi connectivity index (χ0n) is 13.6. The first kappa shape index (κ1) is 16.1. The van der Waals surface area contributed by atoms with E-state index in [4.69, 9.17) is 0 Å². The average molecular weight is 374 g/mol. The van der Waals surface area contributed by atoms with Crippen LogP contribution in [0.5, 0.6) is 0 Å². The molecule has 0 aliphatic carbocycles. The number of amides is 1. The van der Waals surface area contributed by atoms with E-state index in [1.165, 1.54) is 0 Å². The van der Waals surface area contributed by atoms with Crippen LogP contribution in [0.3, 0.4) is 0 Å². The fourth-order valence-corrected chi connectivity index (χ4v) is 3.24. The molecule has 1 aromatic carbocycles. The largest absolute Gasteiger partial charge is 0.337 e. The second kappa shape index (κ2) is 6.04. The molecule has 2 heterocycles. The molecular weight excluding hydrogens is 354 g/mol. The number of nitrogens with zero attached hydrogens (tertiary/aromatic N) is 3. The summed E-state index contributed by atoms with van der Waals surface area (Å²) in [7, 11) is 0. The van der Waals surface area contributed by atoms with Crippen LogP contribution in [0.25, 0.3) is 0 Å². The summed E-state index contributed by atoms with van der Waals surface area (Å²) in [5, 5.41) is 0. The van der Waals surface area contributed by atoms with Crippen LogP contribution in [0.2, 0.25) is 0 Å².